The number of aliphatic hydroxyl groups is 1. The molecular weight excluding hydrogens is 176 g/mol. The highest BCUT2D eigenvalue weighted by Crippen LogP contribution is 2.32. The first-order valence-corrected chi connectivity index (χ1v) is 5.84. The van der Waals surface area contributed by atoms with E-state index < -0.39 is 0 Å². The largest absolute Gasteiger partial charge is 0.394 e. The molecule has 14 heavy (non-hydrogen) atoms. The Morgan fingerprint density at radius 3 is 2.79 bits per heavy atom. The Kier molecular flexibility index (Phi) is 3.10. The van der Waals surface area contributed by atoms with Crippen molar-refractivity contribution in [1.29, 1.82) is 0 Å². The van der Waals surface area contributed by atoms with Gasteiger partial charge in [-0.15, -0.1) is 0 Å². The van der Waals surface area contributed by atoms with Gasteiger partial charge in [-0.1, -0.05) is 0 Å². The van der Waals surface area contributed by atoms with Crippen LogP contribution in [0.4, 0.5) is 0 Å². The topological polar surface area (TPSA) is 35.5 Å². The van der Waals surface area contributed by atoms with Gasteiger partial charge in [-0.2, -0.15) is 0 Å². The number of nitrogens with zero attached hydrogens (tertiary/aromatic N) is 1. The number of hydrogen-bond donors (Lipinski definition) is 2. The van der Waals surface area contributed by atoms with Gasteiger partial charge in [0.15, 0.2) is 0 Å². The van der Waals surface area contributed by atoms with Crippen LogP contribution in [0.15, 0.2) is 0 Å². The second-order valence-corrected chi connectivity index (χ2v) is 4.93. The lowest BCUT2D eigenvalue weighted by molar-refractivity contribution is 0.0340. The molecule has 2 aliphatic rings. The quantitative estimate of drug-likeness (QED) is 0.681. The number of hydrogen-bond acceptors (Lipinski definition) is 3. The first-order chi connectivity index (χ1) is 6.76. The molecule has 0 amide bonds. The molecule has 2 saturated heterocycles. The number of likely N-dealkylation sites (tertiary alicyclic amines) is 1. The van der Waals surface area contributed by atoms with E-state index >= 15 is 0 Å². The molecule has 0 aromatic rings. The standard InChI is InChI=1S/C11H22N2O/c1-11(9-14)5-2-8-13(11)10-3-6-12-7-4-10/h10,12,14H,2-9H2,1H3. The summed E-state index contributed by atoms with van der Waals surface area (Å²) in [4.78, 5) is 2.55. The summed E-state index contributed by atoms with van der Waals surface area (Å²) in [6.07, 6.45) is 4.90. The van der Waals surface area contributed by atoms with Gasteiger partial charge >= 0.3 is 0 Å². The third kappa shape index (κ3) is 1.81. The lowest BCUT2D eigenvalue weighted by Crippen LogP contribution is -2.52. The van der Waals surface area contributed by atoms with Crippen molar-refractivity contribution in [2.45, 2.75) is 44.2 Å². The predicted octanol–water partition coefficient (Wildman–Crippen LogP) is 0.585. The van der Waals surface area contributed by atoms with Crippen LogP contribution in [0.5, 0.6) is 0 Å². The van der Waals surface area contributed by atoms with Crippen molar-refractivity contribution in [2.24, 2.45) is 0 Å². The Morgan fingerprint density at radius 1 is 1.43 bits per heavy atom. The Morgan fingerprint density at radius 2 is 2.14 bits per heavy atom. The summed E-state index contributed by atoms with van der Waals surface area (Å²) in [5.41, 5.74) is 0.0714. The van der Waals surface area contributed by atoms with Crippen molar-refractivity contribution in [3.63, 3.8) is 0 Å². The molecule has 0 spiro atoms. The smallest absolute Gasteiger partial charge is 0.0612 e. The third-order valence-corrected chi connectivity index (χ3v) is 3.90. The molecule has 0 aromatic carbocycles. The monoisotopic (exact) mass is 198 g/mol. The molecule has 1 atom stereocenters. The van der Waals surface area contributed by atoms with Gasteiger partial charge in [0.25, 0.3) is 0 Å². The van der Waals surface area contributed by atoms with Gasteiger partial charge < -0.3 is 10.4 Å². The van der Waals surface area contributed by atoms with Crippen LogP contribution < -0.4 is 5.32 Å². The predicted molar refractivity (Wildman–Crippen MR) is 57.3 cm³/mol. The zero-order valence-electron chi connectivity index (χ0n) is 9.13. The Hall–Kier alpha value is -0.120. The van der Waals surface area contributed by atoms with E-state index in [1.165, 1.54) is 25.8 Å². The highest BCUT2D eigenvalue weighted by molar-refractivity contribution is 4.96. The minimum absolute atomic E-state index is 0.0714. The van der Waals surface area contributed by atoms with Crippen LogP contribution in [0.3, 0.4) is 0 Å². The zero-order chi connectivity index (χ0) is 10.0. The fourth-order valence-electron chi connectivity index (χ4n) is 2.96. The molecule has 0 saturated carbocycles. The molecule has 82 valence electrons. The van der Waals surface area contributed by atoms with E-state index in [2.05, 4.69) is 17.1 Å². The fourth-order valence-corrected chi connectivity index (χ4v) is 2.96. The van der Waals surface area contributed by atoms with Gasteiger partial charge in [0.2, 0.25) is 0 Å². The van der Waals surface area contributed by atoms with E-state index in [0.29, 0.717) is 12.6 Å². The van der Waals surface area contributed by atoms with Crippen LogP contribution in [-0.4, -0.2) is 47.8 Å². The summed E-state index contributed by atoms with van der Waals surface area (Å²) in [5, 5.41) is 12.9. The summed E-state index contributed by atoms with van der Waals surface area (Å²) >= 11 is 0. The third-order valence-electron chi connectivity index (χ3n) is 3.90. The van der Waals surface area contributed by atoms with Gasteiger partial charge in [0, 0.05) is 11.6 Å². The average Bonchev–Trinajstić information content (AvgIpc) is 2.63. The highest BCUT2D eigenvalue weighted by atomic mass is 16.3. The van der Waals surface area contributed by atoms with Crippen LogP contribution in [0.2, 0.25) is 0 Å². The summed E-state index contributed by atoms with van der Waals surface area (Å²) in [7, 11) is 0. The molecule has 2 aliphatic heterocycles. The van der Waals surface area contributed by atoms with Gasteiger partial charge in [-0.3, -0.25) is 4.90 Å². The van der Waals surface area contributed by atoms with E-state index in [1.807, 2.05) is 0 Å². The Labute approximate surface area is 86.5 Å². The number of rotatable bonds is 2. The molecule has 3 heteroatoms. The molecule has 0 aliphatic carbocycles. The number of nitrogens with one attached hydrogen (secondary N) is 1. The van der Waals surface area contributed by atoms with Crippen molar-refractivity contribution in [1.82, 2.24) is 10.2 Å². The molecule has 0 bridgehead atoms. The molecule has 1 unspecified atom stereocenters. The number of piperidine rings is 1. The first-order valence-electron chi connectivity index (χ1n) is 5.84. The molecule has 3 nitrogen and oxygen atoms in total. The van der Waals surface area contributed by atoms with Crippen molar-refractivity contribution in [2.75, 3.05) is 26.2 Å². The lowest BCUT2D eigenvalue weighted by atomic mass is 9.95. The Bertz CT molecular complexity index is 192. The van der Waals surface area contributed by atoms with E-state index in [-0.39, 0.29) is 5.54 Å². The maximum Gasteiger partial charge on any atom is 0.0612 e. The van der Waals surface area contributed by atoms with Gasteiger partial charge in [-0.25, -0.2) is 0 Å². The summed E-state index contributed by atoms with van der Waals surface area (Å²) in [6, 6.07) is 0.705. The first kappa shape index (κ1) is 10.4. The van der Waals surface area contributed by atoms with Crippen LogP contribution in [0, 0.1) is 0 Å². The van der Waals surface area contributed by atoms with Crippen molar-refractivity contribution >= 4 is 0 Å². The molecule has 2 rings (SSSR count). The maximum atomic E-state index is 9.47. The maximum absolute atomic E-state index is 9.47. The molecule has 2 N–H and O–H groups in total. The van der Waals surface area contributed by atoms with Crippen LogP contribution in [0.25, 0.3) is 0 Å². The summed E-state index contributed by atoms with van der Waals surface area (Å²) in [5.74, 6) is 0. The fraction of sp³-hybridized carbons (Fsp3) is 1.00. The zero-order valence-corrected chi connectivity index (χ0v) is 9.13. The van der Waals surface area contributed by atoms with Gasteiger partial charge in [0.1, 0.15) is 0 Å². The minimum atomic E-state index is 0.0714. The average molecular weight is 198 g/mol. The van der Waals surface area contributed by atoms with Crippen LogP contribution in [-0.2, 0) is 0 Å². The van der Waals surface area contributed by atoms with Crippen molar-refractivity contribution in [3.05, 3.63) is 0 Å². The second kappa shape index (κ2) is 4.17. The lowest BCUT2D eigenvalue weighted by Gasteiger charge is -2.41. The summed E-state index contributed by atoms with van der Waals surface area (Å²) < 4.78 is 0. The van der Waals surface area contributed by atoms with E-state index in [0.717, 1.165) is 19.5 Å². The van der Waals surface area contributed by atoms with E-state index in [9.17, 15) is 5.11 Å². The van der Waals surface area contributed by atoms with E-state index in [4.69, 9.17) is 0 Å². The molecule has 2 fully saturated rings. The molecular formula is C11H22N2O. The second-order valence-electron chi connectivity index (χ2n) is 4.93. The molecule has 2 heterocycles. The molecule has 0 radical (unpaired) electrons. The Balaban J connectivity index is 2.01. The van der Waals surface area contributed by atoms with Crippen LogP contribution >= 0.6 is 0 Å². The molecule has 0 aromatic heterocycles. The van der Waals surface area contributed by atoms with Crippen molar-refractivity contribution < 1.29 is 5.11 Å². The highest BCUT2D eigenvalue weighted by Gasteiger charge is 2.39. The minimum Gasteiger partial charge on any atom is -0.394 e. The normalized spacial score (nSPS) is 36.4. The van der Waals surface area contributed by atoms with Gasteiger partial charge in [0.05, 0.1) is 6.61 Å². The number of aliphatic hydroxyl groups excluding tert-OH is 1. The van der Waals surface area contributed by atoms with Crippen LogP contribution in [0.1, 0.15) is 32.6 Å². The SMILES string of the molecule is CC1(CO)CCCN1C1CCNCC1. The summed E-state index contributed by atoms with van der Waals surface area (Å²) in [6.45, 7) is 5.99. The van der Waals surface area contributed by atoms with Gasteiger partial charge in [-0.05, 0) is 52.2 Å². The van der Waals surface area contributed by atoms with Crippen molar-refractivity contribution in [3.8, 4) is 0 Å². The van der Waals surface area contributed by atoms with E-state index in [1.54, 1.807) is 0 Å².